The Morgan fingerprint density at radius 1 is 1.26 bits per heavy atom. The molecule has 1 aromatic heterocycles. The second kappa shape index (κ2) is 7.59. The maximum absolute atomic E-state index is 13.9. The molecule has 1 aliphatic heterocycles. The van der Waals surface area contributed by atoms with Gasteiger partial charge in [0.2, 0.25) is 5.91 Å². The van der Waals surface area contributed by atoms with Gasteiger partial charge in [-0.1, -0.05) is 24.3 Å². The van der Waals surface area contributed by atoms with Crippen molar-refractivity contribution in [3.63, 3.8) is 0 Å². The second-order valence-corrected chi connectivity index (χ2v) is 6.90. The quantitative estimate of drug-likeness (QED) is 0.864. The fourth-order valence-corrected chi connectivity index (χ4v) is 4.05. The van der Waals surface area contributed by atoms with Crippen molar-refractivity contribution in [3.8, 4) is 0 Å². The molecule has 1 atom stereocenters. The van der Waals surface area contributed by atoms with E-state index in [1.54, 1.807) is 30.2 Å². The van der Waals surface area contributed by atoms with Crippen molar-refractivity contribution in [2.24, 2.45) is 0 Å². The number of thioether (sulfide) groups is 1. The molecule has 1 amide bonds. The molecule has 1 aliphatic rings. The molecule has 0 saturated carbocycles. The highest BCUT2D eigenvalue weighted by Gasteiger charge is 2.23. The first-order valence-corrected chi connectivity index (χ1v) is 8.81. The Hall–Kier alpha value is -1.88. The third kappa shape index (κ3) is 4.10. The number of benzene rings is 1. The first kappa shape index (κ1) is 16.0. The standard InChI is InChI=1S/C18H19FN2OS/c19-16-6-2-1-5-15(16)17-7-9-21(10-11-23-17)18(22)12-14-4-3-8-20-13-14/h1-6,8,13,17H,7,9-12H2. The van der Waals surface area contributed by atoms with Gasteiger partial charge in [0.05, 0.1) is 6.42 Å². The number of carbonyl (C=O) groups excluding carboxylic acids is 1. The molecule has 2 heterocycles. The Kier molecular flexibility index (Phi) is 5.28. The Bertz CT molecular complexity index is 665. The summed E-state index contributed by atoms with van der Waals surface area (Å²) in [5.41, 5.74) is 1.68. The minimum atomic E-state index is -0.153. The summed E-state index contributed by atoms with van der Waals surface area (Å²) < 4.78 is 13.9. The maximum atomic E-state index is 13.9. The van der Waals surface area contributed by atoms with E-state index < -0.39 is 0 Å². The molecular weight excluding hydrogens is 311 g/mol. The van der Waals surface area contributed by atoms with Gasteiger partial charge in [-0.2, -0.15) is 11.8 Å². The van der Waals surface area contributed by atoms with E-state index >= 15 is 0 Å². The Morgan fingerprint density at radius 3 is 2.91 bits per heavy atom. The minimum Gasteiger partial charge on any atom is -0.342 e. The Morgan fingerprint density at radius 2 is 2.13 bits per heavy atom. The number of amides is 1. The van der Waals surface area contributed by atoms with Crippen molar-refractivity contribution in [1.29, 1.82) is 0 Å². The number of rotatable bonds is 3. The summed E-state index contributed by atoms with van der Waals surface area (Å²) in [7, 11) is 0. The molecule has 5 heteroatoms. The first-order valence-electron chi connectivity index (χ1n) is 7.77. The lowest BCUT2D eigenvalue weighted by Gasteiger charge is -2.20. The van der Waals surface area contributed by atoms with Crippen molar-refractivity contribution >= 4 is 17.7 Å². The van der Waals surface area contributed by atoms with Crippen molar-refractivity contribution in [3.05, 3.63) is 65.7 Å². The van der Waals surface area contributed by atoms with Gasteiger partial charge < -0.3 is 4.90 Å². The average Bonchev–Trinajstić information content (AvgIpc) is 2.82. The summed E-state index contributed by atoms with van der Waals surface area (Å²) in [4.78, 5) is 18.4. The maximum Gasteiger partial charge on any atom is 0.227 e. The minimum absolute atomic E-state index is 0.118. The summed E-state index contributed by atoms with van der Waals surface area (Å²) in [6, 6.07) is 10.7. The Balaban J connectivity index is 1.62. The van der Waals surface area contributed by atoms with Gasteiger partial charge in [0.25, 0.3) is 0 Å². The van der Waals surface area contributed by atoms with Gasteiger partial charge in [0.1, 0.15) is 5.82 Å². The fraction of sp³-hybridized carbons (Fsp3) is 0.333. The number of halogens is 1. The second-order valence-electron chi connectivity index (χ2n) is 5.59. The molecule has 0 aliphatic carbocycles. The van der Waals surface area contributed by atoms with Crippen LogP contribution in [0, 0.1) is 5.82 Å². The predicted molar refractivity (Wildman–Crippen MR) is 90.7 cm³/mol. The van der Waals surface area contributed by atoms with Crippen LogP contribution < -0.4 is 0 Å². The van der Waals surface area contributed by atoms with E-state index in [-0.39, 0.29) is 17.0 Å². The van der Waals surface area contributed by atoms with Crippen LogP contribution in [0.25, 0.3) is 0 Å². The van der Waals surface area contributed by atoms with Crippen LogP contribution in [0.2, 0.25) is 0 Å². The topological polar surface area (TPSA) is 33.2 Å². The van der Waals surface area contributed by atoms with Crippen LogP contribution in [0.5, 0.6) is 0 Å². The lowest BCUT2D eigenvalue weighted by molar-refractivity contribution is -0.130. The van der Waals surface area contributed by atoms with Gasteiger partial charge in [-0.15, -0.1) is 0 Å². The van der Waals surface area contributed by atoms with Gasteiger partial charge in [-0.25, -0.2) is 4.39 Å². The molecule has 1 saturated heterocycles. The summed E-state index contributed by atoms with van der Waals surface area (Å²) in [5, 5.41) is 0.118. The smallest absolute Gasteiger partial charge is 0.227 e. The molecule has 0 spiro atoms. The zero-order chi connectivity index (χ0) is 16.1. The summed E-state index contributed by atoms with van der Waals surface area (Å²) >= 11 is 1.73. The molecule has 2 aromatic rings. The summed E-state index contributed by atoms with van der Waals surface area (Å²) in [6.45, 7) is 1.39. The third-order valence-electron chi connectivity index (χ3n) is 4.02. The lowest BCUT2D eigenvalue weighted by Crippen LogP contribution is -2.34. The molecule has 23 heavy (non-hydrogen) atoms. The zero-order valence-electron chi connectivity index (χ0n) is 12.8. The normalized spacial score (nSPS) is 18.5. The van der Waals surface area contributed by atoms with Gasteiger partial charge in [0.15, 0.2) is 0 Å². The molecule has 0 radical (unpaired) electrons. The van der Waals surface area contributed by atoms with Crippen LogP contribution >= 0.6 is 11.8 Å². The first-order chi connectivity index (χ1) is 11.2. The third-order valence-corrected chi connectivity index (χ3v) is 5.33. The average molecular weight is 330 g/mol. The summed E-state index contributed by atoms with van der Waals surface area (Å²) in [5.74, 6) is 0.797. The number of carbonyl (C=O) groups is 1. The van der Waals surface area contributed by atoms with E-state index in [1.165, 1.54) is 6.07 Å². The molecule has 120 valence electrons. The van der Waals surface area contributed by atoms with Crippen molar-refractivity contribution in [1.82, 2.24) is 9.88 Å². The van der Waals surface area contributed by atoms with Gasteiger partial charge >= 0.3 is 0 Å². The monoisotopic (exact) mass is 330 g/mol. The van der Waals surface area contributed by atoms with Crippen molar-refractivity contribution in [2.75, 3.05) is 18.8 Å². The molecule has 1 fully saturated rings. The highest BCUT2D eigenvalue weighted by atomic mass is 32.2. The van der Waals surface area contributed by atoms with E-state index in [9.17, 15) is 9.18 Å². The SMILES string of the molecule is O=C(Cc1cccnc1)N1CCSC(c2ccccc2F)CC1. The van der Waals surface area contributed by atoms with E-state index in [1.807, 2.05) is 29.2 Å². The number of hydrogen-bond acceptors (Lipinski definition) is 3. The molecular formula is C18H19FN2OS. The molecule has 1 unspecified atom stereocenters. The van der Waals surface area contributed by atoms with Crippen molar-refractivity contribution in [2.45, 2.75) is 18.1 Å². The fourth-order valence-electron chi connectivity index (χ4n) is 2.79. The van der Waals surface area contributed by atoms with E-state index in [4.69, 9.17) is 0 Å². The van der Waals surface area contributed by atoms with E-state index in [2.05, 4.69) is 4.98 Å². The number of aromatic nitrogens is 1. The van der Waals surface area contributed by atoms with Crippen LogP contribution in [0.1, 0.15) is 22.8 Å². The summed E-state index contributed by atoms with van der Waals surface area (Å²) in [6.07, 6.45) is 4.59. The Labute approximate surface area is 139 Å². The van der Waals surface area contributed by atoms with Crippen LogP contribution in [-0.4, -0.2) is 34.6 Å². The van der Waals surface area contributed by atoms with Crippen molar-refractivity contribution < 1.29 is 9.18 Å². The molecule has 1 aromatic carbocycles. The van der Waals surface area contributed by atoms with Gasteiger partial charge in [0, 0.05) is 42.0 Å². The molecule has 0 N–H and O–H groups in total. The largest absolute Gasteiger partial charge is 0.342 e. The lowest BCUT2D eigenvalue weighted by atomic mass is 10.1. The molecule has 3 rings (SSSR count). The number of hydrogen-bond donors (Lipinski definition) is 0. The van der Waals surface area contributed by atoms with E-state index in [0.29, 0.717) is 19.5 Å². The molecule has 3 nitrogen and oxygen atoms in total. The zero-order valence-corrected chi connectivity index (χ0v) is 13.6. The number of pyridine rings is 1. The van der Waals surface area contributed by atoms with Gasteiger partial charge in [-0.3, -0.25) is 9.78 Å². The van der Waals surface area contributed by atoms with Crippen LogP contribution in [0.15, 0.2) is 48.8 Å². The highest BCUT2D eigenvalue weighted by molar-refractivity contribution is 7.99. The van der Waals surface area contributed by atoms with Crippen LogP contribution in [0.4, 0.5) is 4.39 Å². The van der Waals surface area contributed by atoms with Crippen LogP contribution in [0.3, 0.4) is 0 Å². The molecule has 0 bridgehead atoms. The highest BCUT2D eigenvalue weighted by Crippen LogP contribution is 2.35. The number of nitrogens with zero attached hydrogens (tertiary/aromatic N) is 2. The predicted octanol–water partition coefficient (Wildman–Crippen LogP) is 3.47. The van der Waals surface area contributed by atoms with E-state index in [0.717, 1.165) is 23.3 Å². The van der Waals surface area contributed by atoms with Gasteiger partial charge in [-0.05, 0) is 24.1 Å². The van der Waals surface area contributed by atoms with Crippen LogP contribution in [-0.2, 0) is 11.2 Å².